The van der Waals surface area contributed by atoms with Crippen LogP contribution in [-0.2, 0) is 11.2 Å². The Hall–Kier alpha value is -2.36. The van der Waals surface area contributed by atoms with Crippen molar-refractivity contribution >= 4 is 23.4 Å². The number of rotatable bonds is 6. The van der Waals surface area contributed by atoms with Crippen molar-refractivity contribution in [3.63, 3.8) is 0 Å². The minimum absolute atomic E-state index is 0.113. The predicted octanol–water partition coefficient (Wildman–Crippen LogP) is 4.35. The molecule has 0 bridgehead atoms. The number of allylic oxidation sites excluding steroid dienone is 1. The molecule has 120 valence electrons. The van der Waals surface area contributed by atoms with Gasteiger partial charge in [0.25, 0.3) is 0 Å². The number of aryl methyl sites for hydroxylation is 1. The van der Waals surface area contributed by atoms with E-state index < -0.39 is 0 Å². The van der Waals surface area contributed by atoms with Gasteiger partial charge in [0.2, 0.25) is 5.91 Å². The van der Waals surface area contributed by atoms with E-state index in [1.54, 1.807) is 6.20 Å². The predicted molar refractivity (Wildman–Crippen MR) is 93.9 cm³/mol. The van der Waals surface area contributed by atoms with E-state index in [0.29, 0.717) is 6.42 Å². The van der Waals surface area contributed by atoms with Crippen molar-refractivity contribution in [3.8, 4) is 0 Å². The van der Waals surface area contributed by atoms with E-state index in [1.807, 2.05) is 23.2 Å². The monoisotopic (exact) mass is 309 g/mol. The number of imidazole rings is 1. The van der Waals surface area contributed by atoms with Crippen LogP contribution in [-0.4, -0.2) is 15.5 Å². The van der Waals surface area contributed by atoms with Crippen molar-refractivity contribution in [3.05, 3.63) is 48.0 Å². The van der Waals surface area contributed by atoms with Crippen molar-refractivity contribution in [2.24, 2.45) is 0 Å². The second kappa shape index (κ2) is 7.27. The van der Waals surface area contributed by atoms with Gasteiger partial charge in [0.15, 0.2) is 0 Å². The molecule has 3 rings (SSSR count). The van der Waals surface area contributed by atoms with Crippen molar-refractivity contribution in [1.82, 2.24) is 9.55 Å². The van der Waals surface area contributed by atoms with Gasteiger partial charge in [-0.15, -0.1) is 0 Å². The number of nitrogens with one attached hydrogen (secondary N) is 1. The summed E-state index contributed by atoms with van der Waals surface area (Å²) in [6, 6.07) is 6.37. The van der Waals surface area contributed by atoms with Crippen LogP contribution in [0.15, 0.2) is 36.9 Å². The molecular formula is C19H23N3O. The zero-order valence-corrected chi connectivity index (χ0v) is 13.6. The summed E-state index contributed by atoms with van der Waals surface area (Å²) in [6.07, 6.45) is 13.8. The summed E-state index contributed by atoms with van der Waals surface area (Å²) in [6.45, 7) is 2.22. The van der Waals surface area contributed by atoms with Gasteiger partial charge in [-0.05, 0) is 48.1 Å². The van der Waals surface area contributed by atoms with Gasteiger partial charge in [-0.1, -0.05) is 25.8 Å². The third-order valence-corrected chi connectivity index (χ3v) is 4.25. The molecule has 0 saturated carbocycles. The number of unbranched alkanes of at least 4 members (excludes halogenated alkanes) is 2. The van der Waals surface area contributed by atoms with Crippen LogP contribution in [0.4, 0.5) is 5.69 Å². The normalized spacial score (nSPS) is 14.5. The Labute approximate surface area is 137 Å². The molecule has 2 aromatic rings. The lowest BCUT2D eigenvalue weighted by atomic mass is 9.95. The summed E-state index contributed by atoms with van der Waals surface area (Å²) >= 11 is 0. The molecule has 0 atom stereocenters. The first-order valence-electron chi connectivity index (χ1n) is 8.37. The fourth-order valence-corrected chi connectivity index (χ4v) is 2.96. The molecule has 4 heteroatoms. The molecule has 23 heavy (non-hydrogen) atoms. The zero-order chi connectivity index (χ0) is 16.1. The van der Waals surface area contributed by atoms with Crippen LogP contribution in [0, 0.1) is 0 Å². The zero-order valence-electron chi connectivity index (χ0n) is 13.6. The van der Waals surface area contributed by atoms with Gasteiger partial charge >= 0.3 is 0 Å². The maximum absolute atomic E-state index is 11.5. The highest BCUT2D eigenvalue weighted by Gasteiger charge is 2.15. The number of carbonyl (C=O) groups is 1. The van der Waals surface area contributed by atoms with E-state index in [4.69, 9.17) is 0 Å². The third-order valence-electron chi connectivity index (χ3n) is 4.25. The molecule has 0 saturated heterocycles. The van der Waals surface area contributed by atoms with Crippen molar-refractivity contribution in [2.45, 2.75) is 45.4 Å². The highest BCUT2D eigenvalue weighted by Crippen LogP contribution is 2.29. The molecule has 1 amide bonds. The van der Waals surface area contributed by atoms with Gasteiger partial charge in [0, 0.05) is 30.7 Å². The van der Waals surface area contributed by atoms with E-state index in [-0.39, 0.29) is 5.91 Å². The van der Waals surface area contributed by atoms with Crippen LogP contribution in [0.2, 0.25) is 0 Å². The smallest absolute Gasteiger partial charge is 0.224 e. The average Bonchev–Trinajstić information content (AvgIpc) is 3.07. The van der Waals surface area contributed by atoms with Gasteiger partial charge < -0.3 is 9.88 Å². The lowest BCUT2D eigenvalue weighted by Gasteiger charge is -2.18. The second-order valence-corrected chi connectivity index (χ2v) is 6.04. The van der Waals surface area contributed by atoms with Crippen molar-refractivity contribution < 1.29 is 4.79 Å². The summed E-state index contributed by atoms with van der Waals surface area (Å²) in [5.74, 6) is 0.113. The number of aromatic nitrogens is 2. The number of benzene rings is 1. The van der Waals surface area contributed by atoms with E-state index in [9.17, 15) is 4.79 Å². The molecule has 0 aliphatic carbocycles. The first-order valence-corrected chi connectivity index (χ1v) is 8.37. The third kappa shape index (κ3) is 3.89. The maximum Gasteiger partial charge on any atom is 0.224 e. The summed E-state index contributed by atoms with van der Waals surface area (Å²) in [5.41, 5.74) is 4.75. The second-order valence-electron chi connectivity index (χ2n) is 6.04. The van der Waals surface area contributed by atoms with Gasteiger partial charge in [0.05, 0.1) is 6.33 Å². The quantitative estimate of drug-likeness (QED) is 0.807. The number of carbonyl (C=O) groups excluding carboxylic acids is 1. The van der Waals surface area contributed by atoms with E-state index in [0.717, 1.165) is 18.5 Å². The Morgan fingerprint density at radius 2 is 2.26 bits per heavy atom. The van der Waals surface area contributed by atoms with Crippen LogP contribution < -0.4 is 5.32 Å². The summed E-state index contributed by atoms with van der Waals surface area (Å²) < 4.78 is 2.00. The highest BCUT2D eigenvalue weighted by atomic mass is 16.1. The number of hydrogen-bond acceptors (Lipinski definition) is 2. The fourth-order valence-electron chi connectivity index (χ4n) is 2.96. The highest BCUT2D eigenvalue weighted by molar-refractivity contribution is 5.94. The van der Waals surface area contributed by atoms with E-state index in [1.165, 1.54) is 36.0 Å². The number of nitrogens with zero attached hydrogens (tertiary/aromatic N) is 2. The van der Waals surface area contributed by atoms with Crippen LogP contribution in [0.1, 0.15) is 50.2 Å². The minimum Gasteiger partial charge on any atom is -0.326 e. The fraction of sp³-hybridized carbons (Fsp3) is 0.368. The summed E-state index contributed by atoms with van der Waals surface area (Å²) in [7, 11) is 0. The first kappa shape index (κ1) is 15.5. The molecule has 0 spiro atoms. The average molecular weight is 309 g/mol. The number of fused-ring (bicyclic) bond motifs is 1. The van der Waals surface area contributed by atoms with Crippen molar-refractivity contribution in [2.75, 3.05) is 5.32 Å². The standard InChI is InChI=1S/C19H23N3O/c1-2-3-4-5-17(13-22-11-10-20-14-22)15-6-8-18-16(12-15)7-9-19(23)21-18/h6,8,10-14H,2-5,7,9H2,1H3,(H,21,23)/b17-13+. The Kier molecular flexibility index (Phi) is 4.91. The van der Waals surface area contributed by atoms with Crippen molar-refractivity contribution in [1.29, 1.82) is 0 Å². The topological polar surface area (TPSA) is 46.9 Å². The molecule has 0 fully saturated rings. The molecule has 1 N–H and O–H groups in total. The Balaban J connectivity index is 1.88. The summed E-state index contributed by atoms with van der Waals surface area (Å²) in [4.78, 5) is 15.6. The largest absolute Gasteiger partial charge is 0.326 e. The Morgan fingerprint density at radius 3 is 3.04 bits per heavy atom. The number of amides is 1. The molecule has 2 heterocycles. The molecule has 4 nitrogen and oxygen atoms in total. The molecular weight excluding hydrogens is 286 g/mol. The molecule has 1 aliphatic rings. The summed E-state index contributed by atoms with van der Waals surface area (Å²) in [5, 5.41) is 2.95. The molecule has 1 aromatic heterocycles. The van der Waals surface area contributed by atoms with E-state index >= 15 is 0 Å². The number of anilines is 1. The van der Waals surface area contributed by atoms with Crippen LogP contribution in [0.3, 0.4) is 0 Å². The van der Waals surface area contributed by atoms with Gasteiger partial charge in [-0.2, -0.15) is 0 Å². The number of hydrogen-bond donors (Lipinski definition) is 1. The van der Waals surface area contributed by atoms with Crippen LogP contribution >= 0.6 is 0 Å². The first-order chi connectivity index (χ1) is 11.3. The lowest BCUT2D eigenvalue weighted by Crippen LogP contribution is -2.18. The van der Waals surface area contributed by atoms with Gasteiger partial charge in [0.1, 0.15) is 0 Å². The molecule has 0 unspecified atom stereocenters. The Bertz CT molecular complexity index is 701. The van der Waals surface area contributed by atoms with Gasteiger partial charge in [-0.25, -0.2) is 4.98 Å². The van der Waals surface area contributed by atoms with Gasteiger partial charge in [-0.3, -0.25) is 4.79 Å². The molecule has 1 aromatic carbocycles. The minimum atomic E-state index is 0.113. The van der Waals surface area contributed by atoms with Crippen LogP contribution in [0.5, 0.6) is 0 Å². The molecule has 0 radical (unpaired) electrons. The van der Waals surface area contributed by atoms with Crippen LogP contribution in [0.25, 0.3) is 11.8 Å². The maximum atomic E-state index is 11.5. The molecule has 1 aliphatic heterocycles. The lowest BCUT2D eigenvalue weighted by molar-refractivity contribution is -0.116. The SMILES string of the molecule is CCCCC/C(=C\n1ccnc1)c1ccc2c(c1)CCC(=O)N2. The van der Waals surface area contributed by atoms with E-state index in [2.05, 4.69) is 35.6 Å². The Morgan fingerprint density at radius 1 is 1.35 bits per heavy atom.